The number of nitrogens with zero attached hydrogens (tertiary/aromatic N) is 5. The predicted molar refractivity (Wildman–Crippen MR) is 340 cm³/mol. The topological polar surface area (TPSA) is 280 Å². The van der Waals surface area contributed by atoms with Crippen molar-refractivity contribution in [2.45, 2.75) is 295 Å². The molecule has 6 rings (SSSR count). The fraction of sp³-hybridized carbons (Fsp3) is 0.821. The van der Waals surface area contributed by atoms with E-state index >= 15 is 0 Å². The van der Waals surface area contributed by atoms with E-state index in [0.29, 0.717) is 116 Å². The number of nitrogens with one attached hydrogen (secondary N) is 4. The molecule has 0 aromatic carbocycles. The molecule has 0 unspecified atom stereocenters. The molecular formula is C67H114N9NaO12. The van der Waals surface area contributed by atoms with E-state index in [1.165, 1.54) is 32.4 Å². The van der Waals surface area contributed by atoms with Crippen LogP contribution in [0.2, 0.25) is 0 Å². The van der Waals surface area contributed by atoms with Crippen molar-refractivity contribution in [3.8, 4) is 0 Å². The van der Waals surface area contributed by atoms with Gasteiger partial charge in [0, 0.05) is 117 Å². The molecule has 6 fully saturated rings. The van der Waals surface area contributed by atoms with Gasteiger partial charge in [0.15, 0.2) is 0 Å². The van der Waals surface area contributed by atoms with Crippen molar-refractivity contribution in [2.24, 2.45) is 0 Å². The Labute approximate surface area is 555 Å². The Balaban J connectivity index is 0.000000502. The molecular weight excluding hydrogens is 1150 g/mol. The smallest absolute Gasteiger partial charge is 0.653 e. The fourth-order valence-corrected chi connectivity index (χ4v) is 11.4. The first kappa shape index (κ1) is 80.3. The van der Waals surface area contributed by atoms with Gasteiger partial charge in [0.25, 0.3) is 0 Å². The van der Waals surface area contributed by atoms with Gasteiger partial charge in [-0.2, -0.15) is 0 Å². The van der Waals surface area contributed by atoms with Crippen molar-refractivity contribution < 1.29 is 87.1 Å². The summed E-state index contributed by atoms with van der Waals surface area (Å²) in [6.45, 7) is 5.65. The molecule has 0 spiro atoms. The van der Waals surface area contributed by atoms with Gasteiger partial charge in [-0.1, -0.05) is 103 Å². The van der Waals surface area contributed by atoms with E-state index in [0.717, 1.165) is 231 Å². The molecule has 6 saturated heterocycles. The van der Waals surface area contributed by atoms with Crippen molar-refractivity contribution >= 4 is 71.0 Å². The van der Waals surface area contributed by atoms with Crippen LogP contribution >= 0.6 is 0 Å². The molecule has 22 heteroatoms. The molecule has 0 saturated carbocycles. The maximum Gasteiger partial charge on any atom is 1.00 e. The molecule has 0 aromatic heterocycles. The van der Waals surface area contributed by atoms with Crippen LogP contribution in [0.3, 0.4) is 0 Å². The Bertz CT molecular complexity index is 1950. The second-order valence-corrected chi connectivity index (χ2v) is 24.6. The molecule has 4 N–H and O–H groups in total. The minimum atomic E-state index is -0.264. The average molecular weight is 1260 g/mol. The molecule has 0 radical (unpaired) electrons. The van der Waals surface area contributed by atoms with Crippen LogP contribution in [-0.4, -0.2) is 150 Å². The summed E-state index contributed by atoms with van der Waals surface area (Å²) in [6, 6.07) is -0.430. The monoisotopic (exact) mass is 1260 g/mol. The second-order valence-electron chi connectivity index (χ2n) is 24.6. The van der Waals surface area contributed by atoms with Gasteiger partial charge in [0.05, 0.1) is 5.91 Å². The SMILES string of the molecule is O=C(CCCCCCCNC(=O)N1CCCCCC1=O)N1CCCCCC1=O.O=C(CCCCCCCNC(=O)NCCCCCC(=O)N1CCCCCC1=O)CCCCCCC(=O)N1CCCCCC1=O.O=C1CCCCCN1.O=C1CCCCC[N-]1.[Na+]. The van der Waals surface area contributed by atoms with Gasteiger partial charge in [-0.15, -0.1) is 6.54 Å². The summed E-state index contributed by atoms with van der Waals surface area (Å²) in [6.07, 6.45) is 39.2. The average Bonchev–Trinajstić information content (AvgIpc) is 4.47. The van der Waals surface area contributed by atoms with E-state index in [4.69, 9.17) is 0 Å². The molecule has 13 amide bonds. The van der Waals surface area contributed by atoms with Gasteiger partial charge in [-0.05, 0) is 128 Å². The zero-order valence-electron chi connectivity index (χ0n) is 55.0. The molecule has 6 aliphatic rings. The quantitative estimate of drug-likeness (QED) is 0.0405. The van der Waals surface area contributed by atoms with Gasteiger partial charge in [0.2, 0.25) is 47.3 Å². The van der Waals surface area contributed by atoms with Gasteiger partial charge >= 0.3 is 41.6 Å². The maximum atomic E-state index is 12.3. The molecule has 21 nitrogen and oxygen atoms in total. The zero-order valence-corrected chi connectivity index (χ0v) is 57.0. The number of amides is 13. The first-order chi connectivity index (χ1) is 42.8. The number of rotatable bonds is 29. The van der Waals surface area contributed by atoms with Crippen molar-refractivity contribution in [2.75, 3.05) is 58.9 Å². The van der Waals surface area contributed by atoms with Gasteiger partial charge in [-0.3, -0.25) is 62.8 Å². The first-order valence-corrected chi connectivity index (χ1v) is 34.8. The molecule has 0 atom stereocenters. The molecule has 0 aromatic rings. The third kappa shape index (κ3) is 40.0. The van der Waals surface area contributed by atoms with Gasteiger partial charge < -0.3 is 31.4 Å². The summed E-state index contributed by atoms with van der Waals surface area (Å²) in [5.74, 6) is 0.372. The van der Waals surface area contributed by atoms with Crippen molar-refractivity contribution in [3.05, 3.63) is 5.32 Å². The standard InChI is InChI=1S/C34H58N4O6.C21H35N3O4.2C6H11NO.Na/c39-29(20-10-3-4-11-21-30(40)37-27-17-7-13-23-32(37)42)19-9-2-1-5-15-25-35-34(44)36-26-16-6-12-22-31(41)38-28-18-8-14-24-33(38)43;25-18(23-16-10-4-7-13-19(23)26)12-6-2-1-3-9-15-22-21(28)24-17-11-5-8-14-20(24)27;2*8-6-4-2-1-3-5-7-6;/h1-28H2,(H2,35,36,44);1-17H2,(H,22,28);2*1-5H2,(H,7,8);/q;;;;+1/p-1. The Morgan fingerprint density at radius 2 is 0.685 bits per heavy atom. The number of hydrogen-bond acceptors (Lipinski definition) is 12. The molecule has 89 heavy (non-hydrogen) atoms. The molecule has 0 bridgehead atoms. The third-order valence-corrected chi connectivity index (χ3v) is 16.9. The van der Waals surface area contributed by atoms with Gasteiger partial charge in [-0.25, -0.2) is 9.59 Å². The van der Waals surface area contributed by atoms with Crippen LogP contribution in [0.4, 0.5) is 9.59 Å². The third-order valence-electron chi connectivity index (χ3n) is 16.9. The van der Waals surface area contributed by atoms with Crippen molar-refractivity contribution in [1.82, 2.24) is 40.9 Å². The Morgan fingerprint density at radius 1 is 0.348 bits per heavy atom. The fourth-order valence-electron chi connectivity index (χ4n) is 11.4. The van der Waals surface area contributed by atoms with E-state index in [9.17, 15) is 57.5 Å². The van der Waals surface area contributed by atoms with Crippen LogP contribution < -0.4 is 50.8 Å². The minimum absolute atomic E-state index is 0. The van der Waals surface area contributed by atoms with Crippen LogP contribution in [0.1, 0.15) is 295 Å². The summed E-state index contributed by atoms with van der Waals surface area (Å²) in [5, 5.41) is 15.2. The van der Waals surface area contributed by atoms with E-state index in [-0.39, 0.29) is 94.8 Å². The maximum absolute atomic E-state index is 12.3. The van der Waals surface area contributed by atoms with Crippen molar-refractivity contribution in [3.63, 3.8) is 0 Å². The van der Waals surface area contributed by atoms with E-state index in [1.807, 2.05) is 0 Å². The summed E-state index contributed by atoms with van der Waals surface area (Å²) >= 11 is 0. The van der Waals surface area contributed by atoms with Crippen LogP contribution in [-0.2, 0) is 47.9 Å². The minimum Gasteiger partial charge on any atom is -0.653 e. The normalized spacial score (nSPS) is 17.6. The molecule has 0 aliphatic carbocycles. The summed E-state index contributed by atoms with van der Waals surface area (Å²) in [7, 11) is 0. The Morgan fingerprint density at radius 3 is 1.15 bits per heavy atom. The second kappa shape index (κ2) is 52.8. The number of Topliss-reactive ketones (excluding diaryl/α,β-unsaturated/α-hetero) is 1. The number of likely N-dealkylation sites (tertiary alicyclic amines) is 4. The number of imide groups is 4. The van der Waals surface area contributed by atoms with E-state index < -0.39 is 0 Å². The molecule has 500 valence electrons. The first-order valence-electron chi connectivity index (χ1n) is 34.8. The van der Waals surface area contributed by atoms with Crippen LogP contribution in [0, 0.1) is 0 Å². The number of unbranched alkanes of at least 4 members (excludes halogenated alkanes) is 13. The van der Waals surface area contributed by atoms with Crippen molar-refractivity contribution in [1.29, 1.82) is 0 Å². The number of urea groups is 2. The van der Waals surface area contributed by atoms with Gasteiger partial charge in [0.1, 0.15) is 5.78 Å². The number of carbonyl (C=O) groups is 12. The molecule has 6 aliphatic heterocycles. The number of carbonyl (C=O) groups excluding carboxylic acids is 12. The summed E-state index contributed by atoms with van der Waals surface area (Å²) in [5.41, 5.74) is 0. The van der Waals surface area contributed by atoms with Crippen LogP contribution in [0.15, 0.2) is 0 Å². The Hall–Kier alpha value is -4.76. The molecule has 6 heterocycles. The zero-order chi connectivity index (χ0) is 63.7. The largest absolute Gasteiger partial charge is 1.00 e. The predicted octanol–water partition coefficient (Wildman–Crippen LogP) is 8.46. The number of ketones is 1. The van der Waals surface area contributed by atoms with Crippen LogP contribution in [0.5, 0.6) is 0 Å². The van der Waals surface area contributed by atoms with E-state index in [2.05, 4.69) is 26.6 Å². The number of hydrogen-bond donors (Lipinski definition) is 4. The Kier molecular flexibility index (Phi) is 47.7. The summed E-state index contributed by atoms with van der Waals surface area (Å²) < 4.78 is 0. The van der Waals surface area contributed by atoms with Crippen LogP contribution in [0.25, 0.3) is 5.32 Å². The summed E-state index contributed by atoms with van der Waals surface area (Å²) in [4.78, 5) is 148. The van der Waals surface area contributed by atoms with E-state index in [1.54, 1.807) is 0 Å².